The van der Waals surface area contributed by atoms with Gasteiger partial charge in [0.25, 0.3) is 0 Å². The Bertz CT molecular complexity index is 1070. The summed E-state index contributed by atoms with van der Waals surface area (Å²) in [5.41, 5.74) is -0.179. The minimum atomic E-state index is -1.01. The van der Waals surface area contributed by atoms with Gasteiger partial charge >= 0.3 is 24.1 Å². The van der Waals surface area contributed by atoms with Crippen LogP contribution < -0.4 is 10.6 Å². The topological polar surface area (TPSA) is 129 Å². The molecule has 0 bridgehead atoms. The largest absolute Gasteiger partial charge is 0.459 e. The predicted molar refractivity (Wildman–Crippen MR) is 148 cm³/mol. The maximum atomic E-state index is 12.7. The van der Waals surface area contributed by atoms with Crippen LogP contribution in [-0.4, -0.2) is 47.4 Å². The fraction of sp³-hybridized carbons (Fsp3) is 0.533. The normalized spacial score (nSPS) is 12.2. The van der Waals surface area contributed by atoms with Crippen LogP contribution in [0.4, 0.5) is 9.59 Å². The molecule has 0 fully saturated rings. The molecule has 0 saturated heterocycles. The lowest BCUT2D eigenvalue weighted by Gasteiger charge is -2.22. The lowest BCUT2D eigenvalue weighted by Crippen LogP contribution is -2.44. The third-order valence-corrected chi connectivity index (χ3v) is 4.67. The molecule has 1 aromatic rings. The third kappa shape index (κ3) is 14.7. The molecule has 0 spiro atoms. The van der Waals surface area contributed by atoms with Gasteiger partial charge in [-0.25, -0.2) is 19.2 Å². The molecule has 1 aromatic carbocycles. The molecule has 2 atom stereocenters. The van der Waals surface area contributed by atoms with E-state index >= 15 is 0 Å². The van der Waals surface area contributed by atoms with Crippen LogP contribution in [-0.2, 0) is 41.8 Å². The molecular weight excluding hydrogens is 516 g/mol. The van der Waals surface area contributed by atoms with Crippen LogP contribution in [0.15, 0.2) is 24.3 Å². The van der Waals surface area contributed by atoms with E-state index in [0.717, 1.165) is 0 Å². The van der Waals surface area contributed by atoms with E-state index in [2.05, 4.69) is 34.3 Å². The Hall–Kier alpha value is -4.18. The van der Waals surface area contributed by atoms with Gasteiger partial charge in [-0.05, 0) is 72.6 Å². The molecule has 40 heavy (non-hydrogen) atoms. The van der Waals surface area contributed by atoms with Crippen LogP contribution in [0.3, 0.4) is 0 Å². The number of rotatable bonds is 10. The van der Waals surface area contributed by atoms with E-state index < -0.39 is 47.4 Å². The second-order valence-corrected chi connectivity index (χ2v) is 10.7. The van der Waals surface area contributed by atoms with Gasteiger partial charge in [0.15, 0.2) is 0 Å². The van der Waals surface area contributed by atoms with Gasteiger partial charge < -0.3 is 29.6 Å². The van der Waals surface area contributed by atoms with Gasteiger partial charge in [0.2, 0.25) is 0 Å². The van der Waals surface area contributed by atoms with Crippen molar-refractivity contribution in [2.45, 2.75) is 105 Å². The van der Waals surface area contributed by atoms with Gasteiger partial charge in [0.1, 0.15) is 36.5 Å². The van der Waals surface area contributed by atoms with E-state index in [4.69, 9.17) is 18.9 Å². The number of hydrogen-bond acceptors (Lipinski definition) is 8. The van der Waals surface area contributed by atoms with Crippen molar-refractivity contribution < 1.29 is 38.1 Å². The molecule has 0 saturated carbocycles. The van der Waals surface area contributed by atoms with Crippen LogP contribution in [0.5, 0.6) is 0 Å². The third-order valence-electron chi connectivity index (χ3n) is 4.67. The average molecular weight is 557 g/mol. The van der Waals surface area contributed by atoms with E-state index in [1.807, 2.05) is 0 Å². The van der Waals surface area contributed by atoms with Gasteiger partial charge in [-0.2, -0.15) is 0 Å². The molecule has 218 valence electrons. The first-order valence-corrected chi connectivity index (χ1v) is 12.8. The van der Waals surface area contributed by atoms with Gasteiger partial charge in [-0.3, -0.25) is 0 Å². The van der Waals surface area contributed by atoms with Crippen LogP contribution in [0.1, 0.15) is 79.4 Å². The van der Waals surface area contributed by atoms with E-state index in [1.165, 1.54) is 0 Å². The minimum absolute atomic E-state index is 0.0610. The monoisotopic (exact) mass is 556 g/mol. The number of carbonyl (C=O) groups is 4. The van der Waals surface area contributed by atoms with Crippen LogP contribution in [0.2, 0.25) is 0 Å². The summed E-state index contributed by atoms with van der Waals surface area (Å²) in [6.45, 7) is 13.4. The van der Waals surface area contributed by atoms with Crippen molar-refractivity contribution in [1.82, 2.24) is 10.6 Å². The molecule has 0 aliphatic heterocycles. The van der Waals surface area contributed by atoms with E-state index in [1.54, 1.807) is 79.7 Å². The second-order valence-electron chi connectivity index (χ2n) is 10.7. The van der Waals surface area contributed by atoms with Crippen LogP contribution in [0, 0.1) is 23.7 Å². The Balaban J connectivity index is 2.78. The van der Waals surface area contributed by atoms with Crippen LogP contribution >= 0.6 is 0 Å². The molecule has 0 heterocycles. The molecule has 0 aromatic heterocycles. The molecular formula is C30H40N2O8. The fourth-order valence-corrected chi connectivity index (χ4v) is 3.01. The molecule has 2 N–H and O–H groups in total. The molecule has 1 rings (SSSR count). The maximum Gasteiger partial charge on any atom is 0.408 e. The van der Waals surface area contributed by atoms with Crippen molar-refractivity contribution in [3.05, 3.63) is 35.4 Å². The Morgan fingerprint density at radius 1 is 0.725 bits per heavy atom. The number of ether oxygens (including phenoxy) is 4. The van der Waals surface area contributed by atoms with E-state index in [-0.39, 0.29) is 26.1 Å². The highest BCUT2D eigenvalue weighted by atomic mass is 16.6. The van der Waals surface area contributed by atoms with Gasteiger partial charge in [0, 0.05) is 12.8 Å². The Kier molecular flexibility index (Phi) is 13.6. The first-order valence-electron chi connectivity index (χ1n) is 12.8. The lowest BCUT2D eigenvalue weighted by atomic mass is 10.1. The number of amides is 2. The van der Waals surface area contributed by atoms with Gasteiger partial charge in [0.05, 0.1) is 0 Å². The van der Waals surface area contributed by atoms with Crippen molar-refractivity contribution in [3.8, 4) is 23.7 Å². The zero-order valence-corrected chi connectivity index (χ0v) is 24.6. The first-order chi connectivity index (χ1) is 18.6. The number of hydrogen-bond donors (Lipinski definition) is 2. The molecule has 0 aliphatic carbocycles. The maximum absolute atomic E-state index is 12.7. The number of benzene rings is 1. The number of carbonyl (C=O) groups excluding carboxylic acids is 4. The highest BCUT2D eigenvalue weighted by molar-refractivity contribution is 5.82. The number of alkyl carbamates (subject to hydrolysis) is 2. The highest BCUT2D eigenvalue weighted by Gasteiger charge is 2.26. The summed E-state index contributed by atoms with van der Waals surface area (Å²) in [4.78, 5) is 49.6. The smallest absolute Gasteiger partial charge is 0.408 e. The summed E-state index contributed by atoms with van der Waals surface area (Å²) in [6, 6.07) is 4.91. The van der Waals surface area contributed by atoms with Crippen molar-refractivity contribution in [2.75, 3.05) is 0 Å². The van der Waals surface area contributed by atoms with Crippen molar-refractivity contribution >= 4 is 24.1 Å². The molecule has 0 radical (unpaired) electrons. The quantitative estimate of drug-likeness (QED) is 0.247. The van der Waals surface area contributed by atoms with Crippen molar-refractivity contribution in [3.63, 3.8) is 0 Å². The minimum Gasteiger partial charge on any atom is -0.459 e. The predicted octanol–water partition coefficient (Wildman–Crippen LogP) is 4.39. The summed E-state index contributed by atoms with van der Waals surface area (Å²) in [7, 11) is 0. The molecule has 10 heteroatoms. The first kappa shape index (κ1) is 33.8. The SMILES string of the molecule is CC#CC[C@H](NC(=O)OC(C)(C)C)C(=O)OCc1cccc(COC(=O)[C@H](CC#CC)NC(=O)OC(C)(C)C)c1. The van der Waals surface area contributed by atoms with E-state index in [9.17, 15) is 19.2 Å². The number of esters is 2. The molecule has 0 aliphatic rings. The van der Waals surface area contributed by atoms with Crippen molar-refractivity contribution in [2.24, 2.45) is 0 Å². The van der Waals surface area contributed by atoms with Gasteiger partial charge in [-0.15, -0.1) is 23.7 Å². The fourth-order valence-electron chi connectivity index (χ4n) is 3.01. The molecule has 2 amide bonds. The summed E-state index contributed by atoms with van der Waals surface area (Å²) < 4.78 is 21.2. The van der Waals surface area contributed by atoms with E-state index in [0.29, 0.717) is 11.1 Å². The van der Waals surface area contributed by atoms with Gasteiger partial charge in [-0.1, -0.05) is 18.2 Å². The Labute approximate surface area is 236 Å². The second kappa shape index (κ2) is 16.0. The summed E-state index contributed by atoms with van der Waals surface area (Å²) >= 11 is 0. The Morgan fingerprint density at radius 2 is 1.10 bits per heavy atom. The Morgan fingerprint density at radius 3 is 1.43 bits per heavy atom. The number of nitrogens with one attached hydrogen (secondary N) is 2. The average Bonchev–Trinajstić information content (AvgIpc) is 2.84. The highest BCUT2D eigenvalue weighted by Crippen LogP contribution is 2.12. The standard InChI is InChI=1S/C30H40N2O8/c1-9-11-16-23(31-27(35)39-29(3,4)5)25(33)37-19-21-14-13-15-22(18-21)20-38-26(34)24(17-12-10-2)32-28(36)40-30(6,7)8/h13-15,18,23-24H,16-17,19-20H2,1-8H3,(H,31,35)(H,32,36)/t23-,24-/m0/s1. The summed E-state index contributed by atoms with van der Waals surface area (Å²) in [6.07, 6.45) is -1.38. The summed E-state index contributed by atoms with van der Waals surface area (Å²) in [5.74, 6) is 9.57. The van der Waals surface area contributed by atoms with Crippen LogP contribution in [0.25, 0.3) is 0 Å². The zero-order valence-electron chi connectivity index (χ0n) is 24.6. The van der Waals surface area contributed by atoms with Crippen molar-refractivity contribution in [1.29, 1.82) is 0 Å². The molecule has 10 nitrogen and oxygen atoms in total. The zero-order chi connectivity index (χ0) is 30.3. The summed E-state index contributed by atoms with van der Waals surface area (Å²) in [5, 5.41) is 4.99. The molecule has 0 unspecified atom stereocenters. The lowest BCUT2D eigenvalue weighted by molar-refractivity contribution is -0.147.